The summed E-state index contributed by atoms with van der Waals surface area (Å²) in [6.07, 6.45) is 1.53. The third kappa shape index (κ3) is 3.65. The Hall–Kier alpha value is -1.34. The normalized spacial score (nSPS) is 11.0. The Labute approximate surface area is 139 Å². The highest BCUT2D eigenvalue weighted by molar-refractivity contribution is 7.13. The van der Waals surface area contributed by atoms with Gasteiger partial charge in [0, 0.05) is 9.75 Å². The molecule has 0 fully saturated rings. The molecule has 21 heavy (non-hydrogen) atoms. The first-order chi connectivity index (χ1) is 9.90. The summed E-state index contributed by atoms with van der Waals surface area (Å²) in [5.41, 5.74) is 8.02. The second kappa shape index (κ2) is 6.62. The number of aromatic nitrogens is 1. The summed E-state index contributed by atoms with van der Waals surface area (Å²) in [6, 6.07) is 3.85. The fourth-order valence-corrected chi connectivity index (χ4v) is 2.82. The van der Waals surface area contributed by atoms with Crippen molar-refractivity contribution in [2.24, 2.45) is 5.10 Å². The minimum atomic E-state index is -0.574. The molecule has 0 saturated heterocycles. The second-order valence-electron chi connectivity index (χ2n) is 4.00. The maximum Gasteiger partial charge on any atom is 0.337 e. The van der Waals surface area contributed by atoms with E-state index in [1.54, 1.807) is 11.3 Å². The maximum absolute atomic E-state index is 12.0. The molecule has 2 heterocycles. The number of carbonyl (C=O) groups excluding carboxylic acids is 1. The highest BCUT2D eigenvalue weighted by atomic mass is 35.5. The highest BCUT2D eigenvalue weighted by Gasteiger charge is 2.25. The predicted octanol–water partition coefficient (Wildman–Crippen LogP) is 3.18. The number of rotatable bonds is 3. The molecule has 4 N–H and O–H groups in total. The van der Waals surface area contributed by atoms with Gasteiger partial charge in [-0.25, -0.2) is 5.43 Å². The first kappa shape index (κ1) is 16.0. The van der Waals surface area contributed by atoms with Crippen molar-refractivity contribution in [3.05, 3.63) is 42.8 Å². The summed E-state index contributed by atoms with van der Waals surface area (Å²) >= 11 is 19.1. The summed E-state index contributed by atoms with van der Waals surface area (Å²) in [5.74, 6) is -0.574. The smallest absolute Gasteiger partial charge is 0.337 e. The maximum atomic E-state index is 12.0. The monoisotopic (exact) mass is 363 g/mol. The van der Waals surface area contributed by atoms with E-state index in [1.165, 1.54) is 6.21 Å². The Kier molecular flexibility index (Phi) is 5.05. The average Bonchev–Trinajstić information content (AvgIpc) is 2.86. The average molecular weight is 365 g/mol. The number of hydrogen-bond acceptors (Lipinski definition) is 4. The molecule has 2 aromatic rings. The Balaban J connectivity index is 2.16. The minimum Gasteiger partial charge on any atom is -0.396 e. The third-order valence-corrected chi connectivity index (χ3v) is 4.57. The first-order valence-corrected chi connectivity index (χ1v) is 7.60. The van der Waals surface area contributed by atoms with E-state index in [4.69, 9.17) is 40.5 Å². The van der Waals surface area contributed by atoms with Gasteiger partial charge in [0.15, 0.2) is 0 Å². The molecular formula is C12H10Cl3N4OS+. The number of halogens is 3. The van der Waals surface area contributed by atoms with Crippen molar-refractivity contribution >= 4 is 63.9 Å². The Morgan fingerprint density at radius 1 is 1.38 bits per heavy atom. The summed E-state index contributed by atoms with van der Waals surface area (Å²) in [4.78, 5) is 16.6. The zero-order valence-corrected chi connectivity index (χ0v) is 13.8. The minimum absolute atomic E-state index is 0.0101. The number of hydrogen-bond donors (Lipinski definition) is 2. The van der Waals surface area contributed by atoms with E-state index in [0.717, 1.165) is 9.75 Å². The first-order valence-electron chi connectivity index (χ1n) is 5.65. The van der Waals surface area contributed by atoms with E-state index in [9.17, 15) is 4.79 Å². The van der Waals surface area contributed by atoms with Crippen LogP contribution in [0, 0.1) is 6.92 Å². The van der Waals surface area contributed by atoms with Gasteiger partial charge in [-0.1, -0.05) is 23.2 Å². The number of H-pyrrole nitrogens is 1. The SMILES string of the molecule is Cc1ccc(/C=N/NC(=O)c2[nH+]c(Cl)c(Cl)c(N)c2Cl)s1. The number of aromatic amines is 1. The van der Waals surface area contributed by atoms with Crippen LogP contribution in [0.25, 0.3) is 0 Å². The molecule has 0 saturated carbocycles. The molecule has 5 nitrogen and oxygen atoms in total. The number of nitrogen functional groups attached to an aromatic ring is 1. The van der Waals surface area contributed by atoms with E-state index >= 15 is 0 Å². The third-order valence-electron chi connectivity index (χ3n) is 2.47. The lowest BCUT2D eigenvalue weighted by atomic mass is 10.3. The summed E-state index contributed by atoms with van der Waals surface area (Å²) in [6.45, 7) is 1.98. The van der Waals surface area contributed by atoms with Crippen molar-refractivity contribution < 1.29 is 9.78 Å². The van der Waals surface area contributed by atoms with Crippen LogP contribution in [0.4, 0.5) is 5.69 Å². The molecule has 0 radical (unpaired) electrons. The summed E-state index contributed by atoms with van der Waals surface area (Å²) in [7, 11) is 0. The van der Waals surface area contributed by atoms with Gasteiger partial charge in [-0.05, 0) is 30.7 Å². The van der Waals surface area contributed by atoms with Crippen LogP contribution in [0.1, 0.15) is 20.2 Å². The standard InChI is InChI=1S/C12H9Cl3N4OS/c1-5-2-3-6(21-5)4-17-19-12(20)10-7(13)9(16)8(14)11(15)18-10/h2-4H,1H3,(H2,16,18)(H,19,20)/p+1/b17-4+. The molecule has 0 unspecified atom stereocenters. The molecule has 9 heteroatoms. The van der Waals surface area contributed by atoms with E-state index in [2.05, 4.69) is 15.5 Å². The van der Waals surface area contributed by atoms with Crippen molar-refractivity contribution in [3.8, 4) is 0 Å². The van der Waals surface area contributed by atoms with Crippen LogP contribution in [0.3, 0.4) is 0 Å². The van der Waals surface area contributed by atoms with E-state index in [0.29, 0.717) is 0 Å². The molecule has 0 aliphatic carbocycles. The van der Waals surface area contributed by atoms with Crippen molar-refractivity contribution in [2.45, 2.75) is 6.92 Å². The van der Waals surface area contributed by atoms with Crippen LogP contribution in [0.5, 0.6) is 0 Å². The van der Waals surface area contributed by atoms with Crippen molar-refractivity contribution in [1.82, 2.24) is 5.43 Å². The number of nitrogens with two attached hydrogens (primary N) is 1. The number of nitrogens with zero attached hydrogens (tertiary/aromatic N) is 1. The second-order valence-corrected chi connectivity index (χ2v) is 6.46. The lowest BCUT2D eigenvalue weighted by Gasteiger charge is -2.02. The van der Waals surface area contributed by atoms with Gasteiger partial charge in [-0.3, -0.25) is 4.79 Å². The molecule has 0 atom stereocenters. The molecule has 1 amide bonds. The number of amides is 1. The van der Waals surface area contributed by atoms with Gasteiger partial charge in [0.1, 0.15) is 10.0 Å². The highest BCUT2D eigenvalue weighted by Crippen LogP contribution is 2.31. The molecule has 0 aliphatic heterocycles. The fourth-order valence-electron chi connectivity index (χ4n) is 1.46. The van der Waals surface area contributed by atoms with Gasteiger partial charge >= 0.3 is 5.91 Å². The molecule has 0 aliphatic rings. The van der Waals surface area contributed by atoms with Gasteiger partial charge in [-0.15, -0.1) is 11.3 Å². The quantitative estimate of drug-likeness (QED) is 0.498. The molecular weight excluding hydrogens is 355 g/mol. The molecule has 2 aromatic heterocycles. The lowest BCUT2D eigenvalue weighted by Crippen LogP contribution is -2.28. The largest absolute Gasteiger partial charge is 0.396 e. The molecule has 0 bridgehead atoms. The van der Waals surface area contributed by atoms with Crippen LogP contribution in [-0.2, 0) is 0 Å². The van der Waals surface area contributed by atoms with E-state index in [-0.39, 0.29) is 26.6 Å². The number of thiophene rings is 1. The van der Waals surface area contributed by atoms with Crippen LogP contribution in [0.15, 0.2) is 17.2 Å². The van der Waals surface area contributed by atoms with Gasteiger partial charge < -0.3 is 5.73 Å². The van der Waals surface area contributed by atoms with Gasteiger partial charge in [0.05, 0.1) is 11.9 Å². The molecule has 0 aromatic carbocycles. The summed E-state index contributed by atoms with van der Waals surface area (Å²) in [5, 5.41) is 3.93. The van der Waals surface area contributed by atoms with Gasteiger partial charge in [0.25, 0.3) is 10.8 Å². The van der Waals surface area contributed by atoms with Crippen molar-refractivity contribution in [2.75, 3.05) is 5.73 Å². The van der Waals surface area contributed by atoms with Gasteiger partial charge in [0.2, 0.25) is 0 Å². The number of nitrogens with one attached hydrogen (secondary N) is 2. The Bertz CT molecular complexity index is 730. The molecule has 110 valence electrons. The van der Waals surface area contributed by atoms with Crippen LogP contribution >= 0.6 is 46.1 Å². The number of carbonyl (C=O) groups is 1. The zero-order chi connectivity index (χ0) is 15.6. The number of pyridine rings is 1. The molecule has 0 spiro atoms. The van der Waals surface area contributed by atoms with Crippen molar-refractivity contribution in [3.63, 3.8) is 0 Å². The van der Waals surface area contributed by atoms with E-state index < -0.39 is 5.91 Å². The number of anilines is 1. The molecule has 2 rings (SSSR count). The van der Waals surface area contributed by atoms with Gasteiger partial charge in [-0.2, -0.15) is 10.1 Å². The zero-order valence-electron chi connectivity index (χ0n) is 10.7. The van der Waals surface area contributed by atoms with Crippen LogP contribution in [0.2, 0.25) is 15.2 Å². The topological polar surface area (TPSA) is 81.6 Å². The lowest BCUT2D eigenvalue weighted by molar-refractivity contribution is -0.379. The Morgan fingerprint density at radius 3 is 2.71 bits per heavy atom. The number of aryl methyl sites for hydroxylation is 1. The van der Waals surface area contributed by atoms with E-state index in [1.807, 2.05) is 19.1 Å². The summed E-state index contributed by atoms with van der Waals surface area (Å²) < 4.78 is 0. The number of hydrazone groups is 1. The van der Waals surface area contributed by atoms with Crippen molar-refractivity contribution in [1.29, 1.82) is 0 Å². The fraction of sp³-hybridized carbons (Fsp3) is 0.0833. The predicted molar refractivity (Wildman–Crippen MR) is 86.6 cm³/mol. The Morgan fingerprint density at radius 2 is 2.10 bits per heavy atom. The van der Waals surface area contributed by atoms with Crippen LogP contribution in [-0.4, -0.2) is 12.1 Å². The van der Waals surface area contributed by atoms with Crippen LogP contribution < -0.4 is 16.1 Å².